The largest absolute Gasteiger partial charge is 2.00 e. The SMILES string of the molecule is CCC(C)Cc1ccc(-n2c3ccccc3c3cc(-c4cc5c6ccc[c-]c6n6nccc6c5s4)ccc32)cc1.CCC(C)Cc1ccc(-n2c3ccccc3c3cc(-c4cc5c6ccc[c-]c6n6nccc6c5s4)ccc32)cc1.[Pt+2]. The molecule has 8 heterocycles. The minimum atomic E-state index is 0. The summed E-state index contributed by atoms with van der Waals surface area (Å²) in [4.78, 5) is 2.53. The van der Waals surface area contributed by atoms with E-state index in [1.807, 2.05) is 56.2 Å². The van der Waals surface area contributed by atoms with Crippen molar-refractivity contribution in [3.63, 3.8) is 0 Å². The Hall–Kier alpha value is -8.13. The Labute approximate surface area is 492 Å². The van der Waals surface area contributed by atoms with E-state index in [1.165, 1.54) is 131 Å². The molecule has 0 saturated heterocycles. The number of fused-ring (bicyclic) bond motifs is 18. The number of pyridine rings is 2. The molecule has 9 heteroatoms. The third-order valence-corrected chi connectivity index (χ3v) is 19.2. The van der Waals surface area contributed by atoms with Gasteiger partial charge in [-0.05, 0) is 143 Å². The number of hydrogen-bond acceptors (Lipinski definition) is 4. The zero-order valence-corrected chi connectivity index (χ0v) is 49.3. The summed E-state index contributed by atoms with van der Waals surface area (Å²) in [7, 11) is 0. The fraction of sp³-hybridized carbons (Fsp3) is 0.139. The van der Waals surface area contributed by atoms with Crippen LogP contribution in [0.3, 0.4) is 0 Å². The van der Waals surface area contributed by atoms with Gasteiger partial charge in [0, 0.05) is 64.5 Å². The van der Waals surface area contributed by atoms with Gasteiger partial charge in [-0.3, -0.25) is 9.03 Å². The normalized spacial score (nSPS) is 12.7. The molecule has 81 heavy (non-hydrogen) atoms. The fourth-order valence-corrected chi connectivity index (χ4v) is 14.6. The summed E-state index contributed by atoms with van der Waals surface area (Å²) in [6.45, 7) is 9.19. The van der Waals surface area contributed by atoms with Gasteiger partial charge in [-0.25, -0.2) is 0 Å². The molecule has 2 atom stereocenters. The Morgan fingerprint density at radius 1 is 0.407 bits per heavy atom. The van der Waals surface area contributed by atoms with Crippen LogP contribution in [0.25, 0.3) is 129 Å². The van der Waals surface area contributed by atoms with Crippen LogP contribution >= 0.6 is 22.7 Å². The first kappa shape index (κ1) is 51.0. The van der Waals surface area contributed by atoms with Gasteiger partial charge in [-0.15, -0.1) is 33.4 Å². The standard InChI is InChI=1S/2C36H28N3S.Pt/c2*1-3-23(2)20-24-12-15-26(16-13-24)38-31-10-6-4-8-27(31)29-21-25(14-17-32(29)38)35-22-30-28-9-5-7-11-33(28)39-34(18-19-37-39)36(30)40-35;/h2*4-10,12-19,21-23H,3,20H2,1-2H3;/q2*-1;+2. The van der Waals surface area contributed by atoms with E-state index >= 15 is 0 Å². The molecule has 0 spiro atoms. The van der Waals surface area contributed by atoms with Crippen LogP contribution in [0.1, 0.15) is 51.7 Å². The molecule has 0 amide bonds. The first-order valence-corrected chi connectivity index (χ1v) is 29.7. The number of aromatic nitrogens is 6. The Balaban J connectivity index is 0.000000144. The van der Waals surface area contributed by atoms with Gasteiger partial charge in [0.2, 0.25) is 0 Å². The molecule has 396 valence electrons. The minimum Gasteiger partial charge on any atom is -0.309 e. The predicted octanol–water partition coefficient (Wildman–Crippen LogP) is 19.7. The van der Waals surface area contributed by atoms with E-state index in [0.29, 0.717) is 11.8 Å². The molecule has 0 N–H and O–H groups in total. The predicted molar refractivity (Wildman–Crippen MR) is 340 cm³/mol. The first-order valence-electron chi connectivity index (χ1n) is 28.0. The van der Waals surface area contributed by atoms with E-state index in [0.717, 1.165) is 34.9 Å². The smallest absolute Gasteiger partial charge is 0.309 e. The van der Waals surface area contributed by atoms with Gasteiger partial charge >= 0.3 is 21.1 Å². The molecule has 0 aliphatic carbocycles. The van der Waals surface area contributed by atoms with Crippen LogP contribution in [0.4, 0.5) is 0 Å². The van der Waals surface area contributed by atoms with Crippen LogP contribution in [0, 0.1) is 24.0 Å². The summed E-state index contributed by atoms with van der Waals surface area (Å²) in [5.74, 6) is 1.40. The van der Waals surface area contributed by atoms with Crippen molar-refractivity contribution in [1.82, 2.24) is 28.4 Å². The van der Waals surface area contributed by atoms with Gasteiger partial charge in [0.05, 0.1) is 33.1 Å². The van der Waals surface area contributed by atoms with E-state index in [-0.39, 0.29) is 21.1 Å². The molecule has 0 bridgehead atoms. The van der Waals surface area contributed by atoms with Gasteiger partial charge in [0.15, 0.2) is 0 Å². The zero-order chi connectivity index (χ0) is 53.6. The molecule has 16 rings (SSSR count). The third-order valence-electron chi connectivity index (χ3n) is 16.8. The summed E-state index contributed by atoms with van der Waals surface area (Å²) in [6.07, 6.45) is 8.43. The average molecular weight is 1260 g/mol. The molecule has 0 saturated carbocycles. The monoisotopic (exact) mass is 1260 g/mol. The van der Waals surface area contributed by atoms with Crippen molar-refractivity contribution in [2.24, 2.45) is 11.8 Å². The Morgan fingerprint density at radius 3 is 1.25 bits per heavy atom. The topological polar surface area (TPSA) is 44.5 Å². The maximum Gasteiger partial charge on any atom is 2.00 e. The Bertz CT molecular complexity index is 4710. The molecule has 8 aromatic heterocycles. The molecular formula is C72H56N6PtS2. The molecule has 16 aromatic rings. The number of hydrogen-bond donors (Lipinski definition) is 0. The van der Waals surface area contributed by atoms with Crippen LogP contribution < -0.4 is 0 Å². The van der Waals surface area contributed by atoms with Crippen molar-refractivity contribution in [1.29, 1.82) is 0 Å². The first-order chi connectivity index (χ1) is 39.4. The van der Waals surface area contributed by atoms with Crippen molar-refractivity contribution in [2.75, 3.05) is 0 Å². The Morgan fingerprint density at radius 2 is 0.815 bits per heavy atom. The van der Waals surface area contributed by atoms with Crippen LogP contribution in [-0.2, 0) is 33.9 Å². The minimum absolute atomic E-state index is 0. The second kappa shape index (κ2) is 20.8. The van der Waals surface area contributed by atoms with E-state index in [1.54, 1.807) is 0 Å². The molecule has 2 unspecified atom stereocenters. The van der Waals surface area contributed by atoms with Crippen molar-refractivity contribution < 1.29 is 21.1 Å². The summed E-state index contributed by atoms with van der Waals surface area (Å²) in [6, 6.07) is 77.9. The van der Waals surface area contributed by atoms with Gasteiger partial charge in [0.1, 0.15) is 0 Å². The molecular weight excluding hydrogens is 1210 g/mol. The van der Waals surface area contributed by atoms with Crippen LogP contribution in [-0.4, -0.2) is 28.4 Å². The molecule has 8 aromatic carbocycles. The molecule has 0 radical (unpaired) electrons. The number of thiophene rings is 2. The third kappa shape index (κ3) is 8.61. The second-order valence-corrected chi connectivity index (χ2v) is 23.9. The van der Waals surface area contributed by atoms with Crippen molar-refractivity contribution >= 4 is 119 Å². The van der Waals surface area contributed by atoms with Crippen molar-refractivity contribution in [3.8, 4) is 32.3 Å². The zero-order valence-electron chi connectivity index (χ0n) is 45.4. The fourth-order valence-electron chi connectivity index (χ4n) is 12.3. The van der Waals surface area contributed by atoms with Crippen LogP contribution in [0.15, 0.2) is 207 Å². The maximum atomic E-state index is 4.60. The van der Waals surface area contributed by atoms with Crippen molar-refractivity contribution in [3.05, 3.63) is 230 Å². The second-order valence-electron chi connectivity index (χ2n) is 21.8. The summed E-state index contributed by atoms with van der Waals surface area (Å²) < 4.78 is 11.4. The van der Waals surface area contributed by atoms with E-state index in [2.05, 4.69) is 241 Å². The average Bonchev–Trinajstić information content (AvgIpc) is 4.50. The van der Waals surface area contributed by atoms with E-state index in [4.69, 9.17) is 0 Å². The summed E-state index contributed by atoms with van der Waals surface area (Å²) >= 11 is 3.69. The Kier molecular flexibility index (Phi) is 13.1. The number of benzene rings is 8. The summed E-state index contributed by atoms with van der Waals surface area (Å²) in [5.41, 5.74) is 17.0. The van der Waals surface area contributed by atoms with Gasteiger partial charge in [-0.1, -0.05) is 124 Å². The number of rotatable bonds is 10. The van der Waals surface area contributed by atoms with Gasteiger partial charge in [-0.2, -0.15) is 58.7 Å². The van der Waals surface area contributed by atoms with E-state index < -0.39 is 0 Å². The van der Waals surface area contributed by atoms with E-state index in [9.17, 15) is 0 Å². The van der Waals surface area contributed by atoms with Crippen molar-refractivity contribution in [2.45, 2.75) is 53.4 Å². The quantitative estimate of drug-likeness (QED) is 0.128. The van der Waals surface area contributed by atoms with Crippen LogP contribution in [0.5, 0.6) is 0 Å². The molecule has 0 aliphatic heterocycles. The van der Waals surface area contributed by atoms with Crippen LogP contribution in [0.2, 0.25) is 0 Å². The number of nitrogens with zero attached hydrogens (tertiary/aromatic N) is 6. The number of para-hydroxylation sites is 4. The van der Waals surface area contributed by atoms with Gasteiger partial charge in [0.25, 0.3) is 0 Å². The maximum absolute atomic E-state index is 4.60. The molecule has 0 aliphatic rings. The summed E-state index contributed by atoms with van der Waals surface area (Å²) in [5, 5.41) is 19.2. The van der Waals surface area contributed by atoms with Gasteiger partial charge < -0.3 is 9.13 Å². The molecule has 0 fully saturated rings. The molecule has 6 nitrogen and oxygen atoms in total.